The Hall–Kier alpha value is -0.820. The van der Waals surface area contributed by atoms with E-state index >= 15 is 0 Å². The van der Waals surface area contributed by atoms with Crippen molar-refractivity contribution in [2.24, 2.45) is 0 Å². The van der Waals surface area contributed by atoms with Crippen LogP contribution in [0.5, 0.6) is 0 Å². The van der Waals surface area contributed by atoms with Crippen LogP contribution in [0.4, 0.5) is 0 Å². The third kappa shape index (κ3) is 1.92. The molecule has 0 saturated carbocycles. The molecule has 0 radical (unpaired) electrons. The maximum atomic E-state index is 3.59. The summed E-state index contributed by atoms with van der Waals surface area (Å²) < 4.78 is 0. The summed E-state index contributed by atoms with van der Waals surface area (Å²) in [7, 11) is 0. The first-order valence-corrected chi connectivity index (χ1v) is 5.08. The molecule has 2 rings (SSSR count). The van der Waals surface area contributed by atoms with Crippen molar-refractivity contribution in [3.05, 3.63) is 35.4 Å². The maximum Gasteiger partial charge on any atom is 0.0323 e. The quantitative estimate of drug-likeness (QED) is 0.692. The number of hydrogen-bond acceptors (Lipinski definition) is 1. The van der Waals surface area contributed by atoms with Crippen LogP contribution in [-0.4, -0.2) is 6.04 Å². The van der Waals surface area contributed by atoms with E-state index in [2.05, 4.69) is 43.4 Å². The number of hydrogen-bond donors (Lipinski definition) is 1. The topological polar surface area (TPSA) is 12.0 Å². The summed E-state index contributed by atoms with van der Waals surface area (Å²) in [5.41, 5.74) is 2.78. The number of rotatable bonds is 1. The Morgan fingerprint density at radius 3 is 2.38 bits per heavy atom. The lowest BCUT2D eigenvalue weighted by Crippen LogP contribution is -2.20. The Kier molecular flexibility index (Phi) is 2.36. The molecule has 1 heteroatoms. The molecule has 2 unspecified atom stereocenters. The Bertz CT molecular complexity index is 276. The third-order valence-electron chi connectivity index (χ3n) is 2.85. The Labute approximate surface area is 80.2 Å². The Morgan fingerprint density at radius 2 is 1.85 bits per heavy atom. The molecular weight excluding hydrogens is 158 g/mol. The van der Waals surface area contributed by atoms with Crippen LogP contribution in [0.25, 0.3) is 0 Å². The molecule has 1 aromatic carbocycles. The first-order valence-electron chi connectivity index (χ1n) is 5.08. The third-order valence-corrected chi connectivity index (χ3v) is 2.85. The lowest BCUT2D eigenvalue weighted by Gasteiger charge is -2.11. The second-order valence-electron chi connectivity index (χ2n) is 4.11. The number of aryl methyl sites for hydroxylation is 1. The van der Waals surface area contributed by atoms with E-state index in [0.717, 1.165) is 0 Å². The van der Waals surface area contributed by atoms with Gasteiger partial charge in [-0.15, -0.1) is 0 Å². The normalized spacial score (nSPS) is 27.8. The van der Waals surface area contributed by atoms with E-state index in [9.17, 15) is 0 Å². The van der Waals surface area contributed by atoms with Crippen molar-refractivity contribution >= 4 is 0 Å². The molecule has 0 aliphatic carbocycles. The predicted octanol–water partition coefficient (Wildman–Crippen LogP) is 2.81. The van der Waals surface area contributed by atoms with Gasteiger partial charge in [-0.2, -0.15) is 0 Å². The van der Waals surface area contributed by atoms with Crippen molar-refractivity contribution in [2.75, 3.05) is 0 Å². The maximum absolute atomic E-state index is 3.59. The van der Waals surface area contributed by atoms with Crippen molar-refractivity contribution in [2.45, 2.75) is 38.8 Å². The van der Waals surface area contributed by atoms with E-state index in [1.54, 1.807) is 0 Å². The van der Waals surface area contributed by atoms with Crippen molar-refractivity contribution in [3.63, 3.8) is 0 Å². The first-order chi connectivity index (χ1) is 6.25. The van der Waals surface area contributed by atoms with Crippen LogP contribution in [0.1, 0.15) is 36.9 Å². The standard InChI is InChI=1S/C12H17N/c1-9-3-6-11(7-4-9)12-8-5-10(2)13-12/h3-4,6-7,10,12-13H,5,8H2,1-2H3. The van der Waals surface area contributed by atoms with E-state index in [4.69, 9.17) is 0 Å². The lowest BCUT2D eigenvalue weighted by atomic mass is 10.0. The molecule has 1 N–H and O–H groups in total. The monoisotopic (exact) mass is 175 g/mol. The second-order valence-corrected chi connectivity index (χ2v) is 4.11. The van der Waals surface area contributed by atoms with Crippen molar-refractivity contribution in [1.29, 1.82) is 0 Å². The van der Waals surface area contributed by atoms with Crippen LogP contribution in [-0.2, 0) is 0 Å². The van der Waals surface area contributed by atoms with Crippen LogP contribution in [0, 0.1) is 6.92 Å². The van der Waals surface area contributed by atoms with Gasteiger partial charge in [0.05, 0.1) is 0 Å². The summed E-state index contributed by atoms with van der Waals surface area (Å²) in [6.07, 6.45) is 2.59. The van der Waals surface area contributed by atoms with Gasteiger partial charge < -0.3 is 5.32 Å². The number of nitrogens with one attached hydrogen (secondary N) is 1. The molecule has 1 aliphatic heterocycles. The zero-order valence-corrected chi connectivity index (χ0v) is 8.38. The van der Waals surface area contributed by atoms with Gasteiger partial charge in [0.2, 0.25) is 0 Å². The van der Waals surface area contributed by atoms with Gasteiger partial charge >= 0.3 is 0 Å². The summed E-state index contributed by atoms with van der Waals surface area (Å²) in [6, 6.07) is 10.2. The van der Waals surface area contributed by atoms with Gasteiger partial charge in [0, 0.05) is 12.1 Å². The Morgan fingerprint density at radius 1 is 1.15 bits per heavy atom. The minimum atomic E-state index is 0.593. The molecule has 1 heterocycles. The van der Waals surface area contributed by atoms with Gasteiger partial charge in [-0.3, -0.25) is 0 Å². The minimum absolute atomic E-state index is 0.593. The van der Waals surface area contributed by atoms with Crippen LogP contribution < -0.4 is 5.32 Å². The molecule has 1 nitrogen and oxygen atoms in total. The van der Waals surface area contributed by atoms with Gasteiger partial charge in [-0.1, -0.05) is 29.8 Å². The van der Waals surface area contributed by atoms with E-state index in [1.165, 1.54) is 24.0 Å². The highest BCUT2D eigenvalue weighted by molar-refractivity contribution is 5.24. The highest BCUT2D eigenvalue weighted by Gasteiger charge is 2.20. The average molecular weight is 175 g/mol. The fourth-order valence-corrected chi connectivity index (χ4v) is 1.99. The zero-order chi connectivity index (χ0) is 9.26. The average Bonchev–Trinajstić information content (AvgIpc) is 2.53. The van der Waals surface area contributed by atoms with Crippen molar-refractivity contribution in [1.82, 2.24) is 5.32 Å². The van der Waals surface area contributed by atoms with Crippen LogP contribution in [0.15, 0.2) is 24.3 Å². The van der Waals surface area contributed by atoms with Gasteiger partial charge in [0.25, 0.3) is 0 Å². The predicted molar refractivity (Wildman–Crippen MR) is 55.8 cm³/mol. The summed E-state index contributed by atoms with van der Waals surface area (Å²) in [5, 5.41) is 3.59. The number of benzene rings is 1. The SMILES string of the molecule is Cc1ccc(C2CCC(C)N2)cc1. The van der Waals surface area contributed by atoms with Gasteiger partial charge in [-0.25, -0.2) is 0 Å². The molecule has 1 fully saturated rings. The van der Waals surface area contributed by atoms with E-state index in [-0.39, 0.29) is 0 Å². The van der Waals surface area contributed by atoms with E-state index in [1.807, 2.05) is 0 Å². The van der Waals surface area contributed by atoms with Gasteiger partial charge in [-0.05, 0) is 32.3 Å². The van der Waals surface area contributed by atoms with Crippen LogP contribution in [0.2, 0.25) is 0 Å². The fourth-order valence-electron chi connectivity index (χ4n) is 1.99. The molecule has 0 aromatic heterocycles. The van der Waals surface area contributed by atoms with E-state index < -0.39 is 0 Å². The lowest BCUT2D eigenvalue weighted by molar-refractivity contribution is 0.585. The highest BCUT2D eigenvalue weighted by atomic mass is 15.0. The first kappa shape index (κ1) is 8.76. The fraction of sp³-hybridized carbons (Fsp3) is 0.500. The van der Waals surface area contributed by atoms with Crippen LogP contribution >= 0.6 is 0 Å². The molecule has 13 heavy (non-hydrogen) atoms. The Balaban J connectivity index is 2.13. The van der Waals surface area contributed by atoms with Crippen molar-refractivity contribution < 1.29 is 0 Å². The van der Waals surface area contributed by atoms with Crippen molar-refractivity contribution in [3.8, 4) is 0 Å². The molecule has 0 spiro atoms. The molecule has 70 valence electrons. The van der Waals surface area contributed by atoms with E-state index in [0.29, 0.717) is 12.1 Å². The van der Waals surface area contributed by atoms with Crippen LogP contribution in [0.3, 0.4) is 0 Å². The minimum Gasteiger partial charge on any atom is -0.307 e. The molecule has 1 saturated heterocycles. The van der Waals surface area contributed by atoms with Gasteiger partial charge in [0.15, 0.2) is 0 Å². The largest absolute Gasteiger partial charge is 0.307 e. The summed E-state index contributed by atoms with van der Waals surface area (Å²) in [5.74, 6) is 0. The zero-order valence-electron chi connectivity index (χ0n) is 8.38. The van der Waals surface area contributed by atoms with Gasteiger partial charge in [0.1, 0.15) is 0 Å². The molecular formula is C12H17N. The molecule has 1 aromatic rings. The highest BCUT2D eigenvalue weighted by Crippen LogP contribution is 2.26. The summed E-state index contributed by atoms with van der Waals surface area (Å²) >= 11 is 0. The molecule has 0 amide bonds. The summed E-state index contributed by atoms with van der Waals surface area (Å²) in [6.45, 7) is 4.39. The molecule has 0 bridgehead atoms. The smallest absolute Gasteiger partial charge is 0.0323 e. The second kappa shape index (κ2) is 3.51. The molecule has 2 atom stereocenters. The molecule has 1 aliphatic rings. The summed E-state index contributed by atoms with van der Waals surface area (Å²) in [4.78, 5) is 0.